The molecule has 2 atom stereocenters. The van der Waals surface area contributed by atoms with Crippen molar-refractivity contribution in [3.8, 4) is 22.3 Å². The molecule has 0 radical (unpaired) electrons. The zero-order valence-corrected chi connectivity index (χ0v) is 25.1. The Morgan fingerprint density at radius 3 is 2.34 bits per heavy atom. The Kier molecular flexibility index (Phi) is 6.88. The summed E-state index contributed by atoms with van der Waals surface area (Å²) in [5, 5.41) is 3.58. The largest absolute Gasteiger partial charge is 1.00 e. The Morgan fingerprint density at radius 2 is 1.54 bits per heavy atom. The van der Waals surface area contributed by atoms with Gasteiger partial charge in [0, 0.05) is 0 Å². The van der Waals surface area contributed by atoms with Crippen LogP contribution in [0.4, 0.5) is 0 Å². The molecule has 1 aliphatic carbocycles. The van der Waals surface area contributed by atoms with Crippen molar-refractivity contribution in [3.05, 3.63) is 107 Å². The van der Waals surface area contributed by atoms with Gasteiger partial charge < -0.3 is 24.8 Å². The molecule has 0 N–H and O–H groups in total. The summed E-state index contributed by atoms with van der Waals surface area (Å²) < 4.78 is 2.54. The fourth-order valence-electron chi connectivity index (χ4n) is 6.72. The molecular formula is C31H27Cl2SiZr. The van der Waals surface area contributed by atoms with Crippen molar-refractivity contribution >= 4 is 25.6 Å². The van der Waals surface area contributed by atoms with Gasteiger partial charge in [0.1, 0.15) is 0 Å². The minimum atomic E-state index is -1.87. The van der Waals surface area contributed by atoms with Gasteiger partial charge in [0.05, 0.1) is 0 Å². The molecule has 2 heterocycles. The third-order valence-electron chi connectivity index (χ3n) is 7.98. The van der Waals surface area contributed by atoms with E-state index in [1.807, 2.05) is 8.46 Å². The molecule has 0 amide bonds. The van der Waals surface area contributed by atoms with Gasteiger partial charge >= 0.3 is 206 Å². The average molecular weight is 590 g/mol. The molecule has 0 nitrogen and oxygen atoms in total. The van der Waals surface area contributed by atoms with Crippen molar-refractivity contribution in [1.29, 1.82) is 0 Å². The maximum Gasteiger partial charge on any atom is -1.00 e. The van der Waals surface area contributed by atoms with E-state index in [2.05, 4.69) is 105 Å². The molecule has 0 spiro atoms. The van der Waals surface area contributed by atoms with E-state index >= 15 is 0 Å². The van der Waals surface area contributed by atoms with Crippen LogP contribution in [0.25, 0.3) is 28.3 Å². The predicted octanol–water partition coefficient (Wildman–Crippen LogP) is -0.452. The molecule has 0 saturated heterocycles. The van der Waals surface area contributed by atoms with Crippen LogP contribution in [-0.4, -0.2) is 5.92 Å². The smallest absolute Gasteiger partial charge is 1.00 e. The van der Waals surface area contributed by atoms with E-state index < -0.39 is 26.8 Å². The van der Waals surface area contributed by atoms with Crippen LogP contribution in [0.1, 0.15) is 40.6 Å². The van der Waals surface area contributed by atoms with Gasteiger partial charge in [-0.25, -0.2) is 0 Å². The quantitative estimate of drug-likeness (QED) is 0.283. The second kappa shape index (κ2) is 9.64. The number of rotatable bonds is 4. The first-order chi connectivity index (χ1) is 16.3. The summed E-state index contributed by atoms with van der Waals surface area (Å²) in [5.74, 6) is -1.01. The van der Waals surface area contributed by atoms with E-state index in [1.165, 1.54) is 28.7 Å². The van der Waals surface area contributed by atoms with E-state index in [4.69, 9.17) is 0 Å². The fourth-order valence-corrected chi connectivity index (χ4v) is 33.1. The predicted molar refractivity (Wildman–Crippen MR) is 140 cm³/mol. The van der Waals surface area contributed by atoms with Crippen molar-refractivity contribution in [1.82, 2.24) is 0 Å². The number of hydrogen-bond acceptors (Lipinski definition) is 0. The van der Waals surface area contributed by atoms with Crippen molar-refractivity contribution in [2.75, 3.05) is 0 Å². The second-order valence-corrected chi connectivity index (χ2v) is 24.8. The maximum atomic E-state index is 2.58. The third kappa shape index (κ3) is 3.56. The van der Waals surface area contributed by atoms with Crippen LogP contribution in [0.5, 0.6) is 0 Å². The first kappa shape index (κ1) is 25.0. The first-order valence-corrected chi connectivity index (χ1v) is 20.9. The SMILES string of the molecule is CCCc1ccc2c(c1-c1ccccc1)C=C(C)[CH]2[Zr+2]1[c]2cccc3c2[SiH]1c1ccccc1-3.[Cl-].[Cl-]. The summed E-state index contributed by atoms with van der Waals surface area (Å²) in [7, 11) is 0. The Hall–Kier alpha value is -1.70. The molecule has 7 rings (SSSR count). The summed E-state index contributed by atoms with van der Waals surface area (Å²) >= 11 is -1.87. The summed E-state index contributed by atoms with van der Waals surface area (Å²) in [5.41, 5.74) is 12.4. The van der Waals surface area contributed by atoms with E-state index in [0.29, 0.717) is 3.63 Å². The van der Waals surface area contributed by atoms with Gasteiger partial charge in [-0.2, -0.15) is 0 Å². The monoisotopic (exact) mass is 587 g/mol. The molecule has 2 aliphatic heterocycles. The Bertz CT molecular complexity index is 1460. The topological polar surface area (TPSA) is 0 Å². The van der Waals surface area contributed by atoms with Crippen molar-refractivity contribution in [2.24, 2.45) is 0 Å². The average Bonchev–Trinajstić information content (AvgIpc) is 3.33. The summed E-state index contributed by atoms with van der Waals surface area (Å²) in [6, 6.07) is 32.7. The summed E-state index contributed by atoms with van der Waals surface area (Å²) in [4.78, 5) is 0. The number of benzene rings is 4. The number of halogens is 2. The van der Waals surface area contributed by atoms with Gasteiger partial charge in [0.2, 0.25) is 0 Å². The molecule has 35 heavy (non-hydrogen) atoms. The van der Waals surface area contributed by atoms with Crippen molar-refractivity contribution < 1.29 is 45.7 Å². The van der Waals surface area contributed by atoms with Gasteiger partial charge in [-0.1, -0.05) is 0 Å². The zero-order chi connectivity index (χ0) is 22.1. The standard InChI is InChI=1S/C19H19.C12H8Si.2ClH.Zr/c1-3-7-15-10-11-17-12-14(2)13-18(17)19(15)16-8-5-4-6-9-16;1-3-7-11-9(5-1)10-6-2-4-8-12(10)13-11;;;/h4-6,8-13H,3,7H2,1-2H3;1-7,13H;2*1H;/q;;;;+2/p-2. The molecule has 2 unspecified atom stereocenters. The van der Waals surface area contributed by atoms with Crippen LogP contribution in [0, 0.1) is 0 Å². The molecule has 4 aromatic carbocycles. The van der Waals surface area contributed by atoms with Gasteiger partial charge in [-0.15, -0.1) is 0 Å². The number of allylic oxidation sites excluding steroid dienone is 1. The minimum Gasteiger partial charge on any atom is -1.00 e. The van der Waals surface area contributed by atoms with E-state index in [1.54, 1.807) is 27.5 Å². The fraction of sp³-hybridized carbons (Fsp3) is 0.161. The molecule has 4 heteroatoms. The summed E-state index contributed by atoms with van der Waals surface area (Å²) in [6.45, 7) is 4.73. The van der Waals surface area contributed by atoms with Crippen LogP contribution in [0.3, 0.4) is 0 Å². The number of fused-ring (bicyclic) bond motifs is 4. The van der Waals surface area contributed by atoms with Crippen LogP contribution in [0.15, 0.2) is 90.5 Å². The molecule has 4 aromatic rings. The Balaban J connectivity index is 0.00000127. The van der Waals surface area contributed by atoms with Crippen molar-refractivity contribution in [3.63, 3.8) is 0 Å². The van der Waals surface area contributed by atoms with Crippen LogP contribution in [0.2, 0.25) is 0 Å². The van der Waals surface area contributed by atoms with E-state index in [0.717, 1.165) is 6.42 Å². The molecule has 3 aliphatic rings. The molecule has 0 bridgehead atoms. The van der Waals surface area contributed by atoms with E-state index in [-0.39, 0.29) is 24.8 Å². The van der Waals surface area contributed by atoms with Crippen molar-refractivity contribution in [2.45, 2.75) is 30.3 Å². The molecule has 0 saturated carbocycles. The first-order valence-electron chi connectivity index (χ1n) is 12.3. The van der Waals surface area contributed by atoms with Gasteiger partial charge in [0.25, 0.3) is 0 Å². The number of aryl methyl sites for hydroxylation is 1. The Labute approximate surface area is 229 Å². The third-order valence-corrected chi connectivity index (χ3v) is 30.5. The summed E-state index contributed by atoms with van der Waals surface area (Å²) in [6.07, 6.45) is 4.91. The molecule has 0 fully saturated rings. The molecule has 0 aromatic heterocycles. The zero-order valence-electron chi connectivity index (χ0n) is 20.0. The van der Waals surface area contributed by atoms with Crippen LogP contribution in [-0.2, 0) is 27.3 Å². The van der Waals surface area contributed by atoms with Crippen LogP contribution < -0.4 is 38.5 Å². The van der Waals surface area contributed by atoms with Gasteiger partial charge in [-0.3, -0.25) is 0 Å². The Morgan fingerprint density at radius 1 is 0.800 bits per heavy atom. The maximum absolute atomic E-state index is 2.58. The van der Waals surface area contributed by atoms with Gasteiger partial charge in [0.15, 0.2) is 0 Å². The normalized spacial score (nSPS) is 17.9. The van der Waals surface area contributed by atoms with Crippen LogP contribution >= 0.6 is 0 Å². The minimum absolute atomic E-state index is 0. The van der Waals surface area contributed by atoms with E-state index in [9.17, 15) is 0 Å². The second-order valence-electron chi connectivity index (χ2n) is 9.78. The van der Waals surface area contributed by atoms with Gasteiger partial charge in [-0.05, 0) is 0 Å². The molecular weight excluding hydrogens is 563 g/mol. The molecule has 173 valence electrons. The number of hydrogen-bond donors (Lipinski definition) is 0.